The zero-order valence-corrected chi connectivity index (χ0v) is 18.0. The highest BCUT2D eigenvalue weighted by Crippen LogP contribution is 2.41. The third kappa shape index (κ3) is 4.29. The summed E-state index contributed by atoms with van der Waals surface area (Å²) in [5.74, 6) is 0.468. The average molecular weight is 451 g/mol. The SMILES string of the molecule is COc1ccccc1CC(=O)N=C1S[C@H]2CS(=O)(=O)C[C@@H]2N1c1ccc(Cl)cc1. The van der Waals surface area contributed by atoms with E-state index >= 15 is 0 Å². The van der Waals surface area contributed by atoms with Crippen LogP contribution in [0.1, 0.15) is 5.56 Å². The number of amidine groups is 1. The number of methoxy groups -OCH3 is 1. The zero-order chi connectivity index (χ0) is 20.6. The van der Waals surface area contributed by atoms with E-state index in [1.165, 1.54) is 11.8 Å². The van der Waals surface area contributed by atoms with Crippen LogP contribution >= 0.6 is 23.4 Å². The number of para-hydroxylation sites is 1. The number of carbonyl (C=O) groups excluding carboxylic acids is 1. The molecular formula is C20H19ClN2O4S2. The quantitative estimate of drug-likeness (QED) is 0.712. The molecule has 0 aromatic heterocycles. The standard InChI is InChI=1S/C20H19ClN2O4S2/c1-27-17-5-3-2-4-13(17)10-19(24)22-20-23(15-8-6-14(21)7-9-15)16-11-29(25,26)12-18(16)28-20/h2-9,16,18H,10-12H2,1H3/t16-,18-/m0/s1. The van der Waals surface area contributed by atoms with Crippen molar-refractivity contribution in [1.29, 1.82) is 0 Å². The summed E-state index contributed by atoms with van der Waals surface area (Å²) in [5.41, 5.74) is 1.53. The number of carbonyl (C=O) groups is 1. The summed E-state index contributed by atoms with van der Waals surface area (Å²) in [5, 5.41) is 0.965. The van der Waals surface area contributed by atoms with Crippen LogP contribution in [0.15, 0.2) is 53.5 Å². The van der Waals surface area contributed by atoms with Crippen molar-refractivity contribution in [3.8, 4) is 5.75 Å². The van der Waals surface area contributed by atoms with Gasteiger partial charge in [0.2, 0.25) is 0 Å². The number of anilines is 1. The second-order valence-corrected chi connectivity index (χ2v) is 10.7. The highest BCUT2D eigenvalue weighted by atomic mass is 35.5. The second kappa shape index (κ2) is 8.01. The van der Waals surface area contributed by atoms with Gasteiger partial charge in [0.15, 0.2) is 15.0 Å². The fourth-order valence-corrected chi connectivity index (χ4v) is 7.68. The Bertz CT molecular complexity index is 1070. The van der Waals surface area contributed by atoms with Gasteiger partial charge in [-0.1, -0.05) is 41.6 Å². The maximum Gasteiger partial charge on any atom is 0.252 e. The molecule has 6 nitrogen and oxygen atoms in total. The fraction of sp³-hybridized carbons (Fsp3) is 0.300. The second-order valence-electron chi connectivity index (χ2n) is 6.92. The first-order chi connectivity index (χ1) is 13.9. The molecule has 0 saturated carbocycles. The molecule has 1 amide bonds. The van der Waals surface area contributed by atoms with Gasteiger partial charge < -0.3 is 9.64 Å². The van der Waals surface area contributed by atoms with E-state index in [4.69, 9.17) is 16.3 Å². The van der Waals surface area contributed by atoms with Crippen LogP contribution in [0.4, 0.5) is 5.69 Å². The van der Waals surface area contributed by atoms with E-state index in [9.17, 15) is 13.2 Å². The predicted molar refractivity (Wildman–Crippen MR) is 117 cm³/mol. The molecule has 2 heterocycles. The number of halogens is 1. The van der Waals surface area contributed by atoms with Crippen molar-refractivity contribution in [3.05, 3.63) is 59.1 Å². The van der Waals surface area contributed by atoms with E-state index in [1.807, 2.05) is 35.2 Å². The molecule has 2 saturated heterocycles. The molecule has 9 heteroatoms. The number of aliphatic imine (C=N–C) groups is 1. The van der Waals surface area contributed by atoms with Crippen molar-refractivity contribution in [3.63, 3.8) is 0 Å². The van der Waals surface area contributed by atoms with E-state index in [1.54, 1.807) is 25.3 Å². The van der Waals surface area contributed by atoms with Gasteiger partial charge in [-0.15, -0.1) is 0 Å². The summed E-state index contributed by atoms with van der Waals surface area (Å²) in [4.78, 5) is 18.9. The Kier molecular flexibility index (Phi) is 5.59. The highest BCUT2D eigenvalue weighted by Gasteiger charge is 2.49. The summed E-state index contributed by atoms with van der Waals surface area (Å²) in [6, 6.07) is 14.2. The number of rotatable bonds is 4. The van der Waals surface area contributed by atoms with Gasteiger partial charge in [0.1, 0.15) is 5.75 Å². The molecule has 29 heavy (non-hydrogen) atoms. The predicted octanol–water partition coefficient (Wildman–Crippen LogP) is 3.19. The molecule has 0 radical (unpaired) electrons. The normalized spacial score (nSPS) is 23.9. The first-order valence-corrected chi connectivity index (χ1v) is 12.1. The van der Waals surface area contributed by atoms with E-state index in [0.29, 0.717) is 15.9 Å². The molecule has 4 rings (SSSR count). The van der Waals surface area contributed by atoms with Crippen LogP contribution in [0, 0.1) is 0 Å². The summed E-state index contributed by atoms with van der Waals surface area (Å²) in [6.45, 7) is 0. The van der Waals surface area contributed by atoms with Crippen LogP contribution in [-0.2, 0) is 21.1 Å². The topological polar surface area (TPSA) is 76.0 Å². The van der Waals surface area contributed by atoms with Crippen LogP contribution in [0.5, 0.6) is 5.75 Å². The Balaban J connectivity index is 1.64. The number of ether oxygens (including phenoxy) is 1. The van der Waals surface area contributed by atoms with Crippen molar-refractivity contribution < 1.29 is 17.9 Å². The Morgan fingerprint density at radius 3 is 2.66 bits per heavy atom. The van der Waals surface area contributed by atoms with Gasteiger partial charge in [-0.3, -0.25) is 4.79 Å². The number of benzene rings is 2. The smallest absolute Gasteiger partial charge is 0.252 e. The van der Waals surface area contributed by atoms with Crippen LogP contribution in [0.2, 0.25) is 5.02 Å². The van der Waals surface area contributed by atoms with Gasteiger partial charge in [0.25, 0.3) is 5.91 Å². The number of sulfone groups is 1. The first kappa shape index (κ1) is 20.3. The fourth-order valence-electron chi connectivity index (χ4n) is 3.63. The van der Waals surface area contributed by atoms with Crippen molar-refractivity contribution in [2.75, 3.05) is 23.5 Å². The minimum Gasteiger partial charge on any atom is -0.496 e. The minimum atomic E-state index is -3.11. The average Bonchev–Trinajstić information content (AvgIpc) is 3.13. The van der Waals surface area contributed by atoms with Gasteiger partial charge in [0, 0.05) is 21.5 Å². The molecular weight excluding hydrogens is 432 g/mol. The Hall–Kier alpha value is -2.03. The number of thioether (sulfide) groups is 1. The zero-order valence-electron chi connectivity index (χ0n) is 15.6. The number of hydrogen-bond acceptors (Lipinski definition) is 5. The first-order valence-electron chi connectivity index (χ1n) is 9.01. The molecule has 2 aliphatic rings. The van der Waals surface area contributed by atoms with Crippen LogP contribution in [-0.4, -0.2) is 49.4 Å². The van der Waals surface area contributed by atoms with Gasteiger partial charge >= 0.3 is 0 Å². The third-order valence-electron chi connectivity index (χ3n) is 4.93. The largest absolute Gasteiger partial charge is 0.496 e. The Morgan fingerprint density at radius 2 is 1.93 bits per heavy atom. The molecule has 0 spiro atoms. The summed E-state index contributed by atoms with van der Waals surface area (Å²) in [6.07, 6.45) is 0.107. The summed E-state index contributed by atoms with van der Waals surface area (Å²) in [7, 11) is -1.55. The third-order valence-corrected chi connectivity index (χ3v) is 8.39. The van der Waals surface area contributed by atoms with Gasteiger partial charge in [-0.25, -0.2) is 8.42 Å². The molecule has 2 aliphatic heterocycles. The summed E-state index contributed by atoms with van der Waals surface area (Å²) >= 11 is 7.35. The van der Waals surface area contributed by atoms with E-state index in [0.717, 1.165) is 11.3 Å². The molecule has 2 fully saturated rings. The molecule has 0 aliphatic carbocycles. The van der Waals surface area contributed by atoms with Crippen LogP contribution in [0.25, 0.3) is 0 Å². The highest BCUT2D eigenvalue weighted by molar-refractivity contribution is 8.16. The van der Waals surface area contributed by atoms with Crippen molar-refractivity contribution in [2.24, 2.45) is 4.99 Å². The minimum absolute atomic E-state index is 0.0486. The lowest BCUT2D eigenvalue weighted by Gasteiger charge is -2.24. The van der Waals surface area contributed by atoms with Crippen molar-refractivity contribution >= 4 is 50.0 Å². The molecule has 0 unspecified atom stereocenters. The lowest BCUT2D eigenvalue weighted by molar-refractivity contribution is -0.117. The molecule has 0 N–H and O–H groups in total. The van der Waals surface area contributed by atoms with Crippen molar-refractivity contribution in [1.82, 2.24) is 0 Å². The van der Waals surface area contributed by atoms with E-state index in [-0.39, 0.29) is 35.1 Å². The molecule has 0 bridgehead atoms. The number of hydrogen-bond donors (Lipinski definition) is 0. The molecule has 2 aromatic rings. The van der Waals surface area contributed by atoms with E-state index < -0.39 is 9.84 Å². The number of amides is 1. The van der Waals surface area contributed by atoms with Gasteiger partial charge in [-0.2, -0.15) is 4.99 Å². The molecule has 152 valence electrons. The lowest BCUT2D eigenvalue weighted by atomic mass is 10.1. The Labute approximate surface area is 178 Å². The lowest BCUT2D eigenvalue weighted by Crippen LogP contribution is -2.37. The number of nitrogens with zero attached hydrogens (tertiary/aromatic N) is 2. The van der Waals surface area contributed by atoms with Gasteiger partial charge in [0.05, 0.1) is 31.1 Å². The number of fused-ring (bicyclic) bond motifs is 1. The van der Waals surface area contributed by atoms with Gasteiger partial charge in [-0.05, 0) is 30.3 Å². The molecule has 2 aromatic carbocycles. The maximum absolute atomic E-state index is 12.7. The molecule has 2 atom stereocenters. The maximum atomic E-state index is 12.7. The van der Waals surface area contributed by atoms with Crippen LogP contribution < -0.4 is 9.64 Å². The van der Waals surface area contributed by atoms with Crippen LogP contribution in [0.3, 0.4) is 0 Å². The Morgan fingerprint density at radius 1 is 1.21 bits per heavy atom. The monoisotopic (exact) mass is 450 g/mol. The van der Waals surface area contributed by atoms with Crippen molar-refractivity contribution in [2.45, 2.75) is 17.7 Å². The summed E-state index contributed by atoms with van der Waals surface area (Å²) < 4.78 is 29.6. The van der Waals surface area contributed by atoms with E-state index in [2.05, 4.69) is 4.99 Å².